The Morgan fingerprint density at radius 3 is 2.89 bits per heavy atom. The average Bonchev–Trinajstić information content (AvgIpc) is 2.91. The Labute approximate surface area is 170 Å². The summed E-state index contributed by atoms with van der Waals surface area (Å²) in [5, 5.41) is 3.32. The lowest BCUT2D eigenvalue weighted by Crippen LogP contribution is -2.42. The molecular weight excluding hydrogens is 350 g/mol. The molecule has 0 saturated carbocycles. The van der Waals surface area contributed by atoms with Gasteiger partial charge in [-0.05, 0) is 68.8 Å². The molecule has 1 fully saturated rings. The number of hydrogen-bond donors (Lipinski definition) is 1. The molecule has 5 heteroatoms. The second-order valence-corrected chi connectivity index (χ2v) is 8.03. The molecule has 1 aliphatic carbocycles. The molecule has 0 radical (unpaired) electrons. The quantitative estimate of drug-likeness (QED) is 0.708. The highest BCUT2D eigenvalue weighted by Gasteiger charge is 2.24. The molecule has 0 bridgehead atoms. The minimum atomic E-state index is 0.309. The Hall–Kier alpha value is -1.59. The summed E-state index contributed by atoms with van der Waals surface area (Å²) in [5.41, 5.74) is 2.94. The summed E-state index contributed by atoms with van der Waals surface area (Å²) in [6.07, 6.45) is 6.38. The molecule has 0 aromatic heterocycles. The van der Waals surface area contributed by atoms with Crippen LogP contribution >= 0.6 is 0 Å². The number of amides is 1. The Bertz CT molecular complexity index is 634. The third-order valence-electron chi connectivity index (χ3n) is 6.02. The normalized spacial score (nSPS) is 20.2. The SMILES string of the molecule is CCCN(CCCN1CCNCCC1=O)C1CCc2cc(OCC)ccc2C1. The van der Waals surface area contributed by atoms with Crippen LogP contribution in [0.1, 0.15) is 50.7 Å². The van der Waals surface area contributed by atoms with Crippen molar-refractivity contribution in [3.8, 4) is 5.75 Å². The second kappa shape index (κ2) is 10.8. The van der Waals surface area contributed by atoms with E-state index in [1.807, 2.05) is 6.92 Å². The molecule has 28 heavy (non-hydrogen) atoms. The molecule has 1 aromatic rings. The molecule has 2 aliphatic rings. The highest BCUT2D eigenvalue weighted by molar-refractivity contribution is 5.76. The zero-order valence-electron chi connectivity index (χ0n) is 17.7. The number of benzene rings is 1. The van der Waals surface area contributed by atoms with Gasteiger partial charge in [-0.2, -0.15) is 0 Å². The van der Waals surface area contributed by atoms with E-state index >= 15 is 0 Å². The number of fused-ring (bicyclic) bond motifs is 1. The lowest BCUT2D eigenvalue weighted by Gasteiger charge is -2.35. The zero-order valence-corrected chi connectivity index (χ0v) is 17.7. The minimum Gasteiger partial charge on any atom is -0.494 e. The monoisotopic (exact) mass is 387 g/mol. The highest BCUT2D eigenvalue weighted by Crippen LogP contribution is 2.28. The van der Waals surface area contributed by atoms with Crippen LogP contribution in [-0.4, -0.2) is 67.6 Å². The summed E-state index contributed by atoms with van der Waals surface area (Å²) in [6.45, 7) is 10.7. The van der Waals surface area contributed by atoms with E-state index in [4.69, 9.17) is 4.74 Å². The second-order valence-electron chi connectivity index (χ2n) is 8.03. The van der Waals surface area contributed by atoms with Crippen LogP contribution < -0.4 is 10.1 Å². The van der Waals surface area contributed by atoms with E-state index in [1.165, 1.54) is 24.0 Å². The third kappa shape index (κ3) is 5.71. The first kappa shape index (κ1) is 21.1. The standard InChI is InChI=1S/C23H37N3O2/c1-3-13-25(14-5-15-26-16-12-24-11-10-23(26)27)21-8-6-20-18-22(28-4-2)9-7-19(20)17-21/h7,9,18,21,24H,3-6,8,10-17H2,1-2H3. The fourth-order valence-electron chi connectivity index (χ4n) is 4.56. The van der Waals surface area contributed by atoms with E-state index in [1.54, 1.807) is 0 Å². The van der Waals surface area contributed by atoms with Crippen molar-refractivity contribution >= 4 is 5.91 Å². The number of aryl methyl sites for hydroxylation is 1. The zero-order chi connectivity index (χ0) is 19.8. The van der Waals surface area contributed by atoms with Crippen LogP contribution in [0.25, 0.3) is 0 Å². The van der Waals surface area contributed by atoms with Gasteiger partial charge in [0.2, 0.25) is 5.91 Å². The molecule has 1 amide bonds. The van der Waals surface area contributed by atoms with Gasteiger partial charge in [-0.25, -0.2) is 0 Å². The van der Waals surface area contributed by atoms with E-state index in [9.17, 15) is 4.79 Å². The van der Waals surface area contributed by atoms with Gasteiger partial charge in [-0.3, -0.25) is 9.69 Å². The maximum atomic E-state index is 12.2. The fraction of sp³-hybridized carbons (Fsp3) is 0.696. The average molecular weight is 388 g/mol. The van der Waals surface area contributed by atoms with Crippen LogP contribution in [-0.2, 0) is 17.6 Å². The van der Waals surface area contributed by atoms with E-state index in [0.29, 0.717) is 18.4 Å². The Kier molecular flexibility index (Phi) is 8.16. The van der Waals surface area contributed by atoms with Crippen molar-refractivity contribution in [2.45, 2.75) is 58.4 Å². The first-order valence-corrected chi connectivity index (χ1v) is 11.2. The predicted molar refractivity (Wildman–Crippen MR) is 114 cm³/mol. The summed E-state index contributed by atoms with van der Waals surface area (Å²) in [7, 11) is 0. The van der Waals surface area contributed by atoms with Gasteiger partial charge in [-0.15, -0.1) is 0 Å². The summed E-state index contributed by atoms with van der Waals surface area (Å²) in [6, 6.07) is 7.23. The van der Waals surface area contributed by atoms with Crippen molar-refractivity contribution in [3.63, 3.8) is 0 Å². The molecule has 156 valence electrons. The van der Waals surface area contributed by atoms with Crippen LogP contribution in [0, 0.1) is 0 Å². The van der Waals surface area contributed by atoms with Gasteiger partial charge in [0.15, 0.2) is 0 Å². The predicted octanol–water partition coefficient (Wildman–Crippen LogP) is 2.87. The summed E-state index contributed by atoms with van der Waals surface area (Å²) in [5.74, 6) is 1.31. The number of rotatable bonds is 9. The van der Waals surface area contributed by atoms with Gasteiger partial charge in [0.05, 0.1) is 6.61 Å². The van der Waals surface area contributed by atoms with E-state index in [-0.39, 0.29) is 0 Å². The Balaban J connectivity index is 1.54. The lowest BCUT2D eigenvalue weighted by molar-refractivity contribution is -0.130. The molecular formula is C23H37N3O2. The maximum absolute atomic E-state index is 12.2. The largest absolute Gasteiger partial charge is 0.494 e. The van der Waals surface area contributed by atoms with Crippen LogP contribution in [0.5, 0.6) is 5.75 Å². The number of ether oxygens (including phenoxy) is 1. The number of carbonyl (C=O) groups is 1. The van der Waals surface area contributed by atoms with Gasteiger partial charge in [-0.1, -0.05) is 13.0 Å². The van der Waals surface area contributed by atoms with Crippen molar-refractivity contribution in [3.05, 3.63) is 29.3 Å². The molecule has 1 atom stereocenters. The van der Waals surface area contributed by atoms with Crippen molar-refractivity contribution < 1.29 is 9.53 Å². The number of nitrogens with one attached hydrogen (secondary N) is 1. The van der Waals surface area contributed by atoms with Crippen LogP contribution in [0.2, 0.25) is 0 Å². The van der Waals surface area contributed by atoms with Gasteiger partial charge >= 0.3 is 0 Å². The topological polar surface area (TPSA) is 44.8 Å². The van der Waals surface area contributed by atoms with Crippen molar-refractivity contribution in [2.75, 3.05) is 45.9 Å². The van der Waals surface area contributed by atoms with Crippen molar-refractivity contribution in [1.29, 1.82) is 0 Å². The number of nitrogens with zero attached hydrogens (tertiary/aromatic N) is 2. The first-order chi connectivity index (χ1) is 13.7. The summed E-state index contributed by atoms with van der Waals surface area (Å²) < 4.78 is 5.67. The molecule has 5 nitrogen and oxygen atoms in total. The maximum Gasteiger partial charge on any atom is 0.223 e. The van der Waals surface area contributed by atoms with Crippen molar-refractivity contribution in [1.82, 2.24) is 15.1 Å². The van der Waals surface area contributed by atoms with E-state index in [2.05, 4.69) is 40.2 Å². The third-order valence-corrected chi connectivity index (χ3v) is 6.02. The number of hydrogen-bond acceptors (Lipinski definition) is 4. The summed E-state index contributed by atoms with van der Waals surface area (Å²) in [4.78, 5) is 16.9. The minimum absolute atomic E-state index is 0.309. The van der Waals surface area contributed by atoms with E-state index in [0.717, 1.165) is 70.9 Å². The van der Waals surface area contributed by atoms with Gasteiger partial charge in [0, 0.05) is 45.2 Å². The first-order valence-electron chi connectivity index (χ1n) is 11.2. The van der Waals surface area contributed by atoms with Crippen LogP contribution in [0.15, 0.2) is 18.2 Å². The molecule has 1 aliphatic heterocycles. The van der Waals surface area contributed by atoms with Gasteiger partial charge in [0.25, 0.3) is 0 Å². The van der Waals surface area contributed by atoms with Crippen LogP contribution in [0.3, 0.4) is 0 Å². The molecule has 3 rings (SSSR count). The Morgan fingerprint density at radius 2 is 2.07 bits per heavy atom. The molecule has 0 spiro atoms. The molecule has 1 N–H and O–H groups in total. The Morgan fingerprint density at radius 1 is 1.18 bits per heavy atom. The number of carbonyl (C=O) groups excluding carboxylic acids is 1. The lowest BCUT2D eigenvalue weighted by atomic mass is 9.87. The van der Waals surface area contributed by atoms with Gasteiger partial charge in [0.1, 0.15) is 5.75 Å². The molecule has 1 heterocycles. The molecule has 1 saturated heterocycles. The van der Waals surface area contributed by atoms with Crippen molar-refractivity contribution in [2.24, 2.45) is 0 Å². The highest BCUT2D eigenvalue weighted by atomic mass is 16.5. The summed E-state index contributed by atoms with van der Waals surface area (Å²) >= 11 is 0. The molecule has 1 unspecified atom stereocenters. The van der Waals surface area contributed by atoms with Crippen LogP contribution in [0.4, 0.5) is 0 Å². The van der Waals surface area contributed by atoms with Gasteiger partial charge < -0.3 is 15.0 Å². The van der Waals surface area contributed by atoms with E-state index < -0.39 is 0 Å². The molecule has 1 aromatic carbocycles. The smallest absolute Gasteiger partial charge is 0.223 e. The fourth-order valence-corrected chi connectivity index (χ4v) is 4.56.